The summed E-state index contributed by atoms with van der Waals surface area (Å²) in [4.78, 5) is 25.7. The Balaban J connectivity index is 1.90. The average molecular weight is 391 g/mol. The fourth-order valence-corrected chi connectivity index (χ4v) is 3.10. The number of fused-ring (bicyclic) bond motifs is 1. The normalized spacial score (nSPS) is 10.8. The van der Waals surface area contributed by atoms with Gasteiger partial charge in [-0.25, -0.2) is 4.79 Å². The Labute approximate surface area is 166 Å². The molecule has 5 heteroatoms. The SMILES string of the molecule is Cc1ccc(C(=O)Oc2c(-c3ccccc3Cl)oc3ccccc3c2=O)cc1. The van der Waals surface area contributed by atoms with Gasteiger partial charge in [-0.1, -0.05) is 53.6 Å². The third-order valence-electron chi connectivity index (χ3n) is 4.36. The van der Waals surface area contributed by atoms with E-state index in [1.807, 2.05) is 6.92 Å². The Morgan fingerprint density at radius 3 is 2.36 bits per heavy atom. The zero-order valence-corrected chi connectivity index (χ0v) is 15.7. The van der Waals surface area contributed by atoms with Crippen LogP contribution in [0.5, 0.6) is 5.75 Å². The van der Waals surface area contributed by atoms with Gasteiger partial charge in [-0.15, -0.1) is 0 Å². The van der Waals surface area contributed by atoms with Crippen LogP contribution >= 0.6 is 11.6 Å². The summed E-state index contributed by atoms with van der Waals surface area (Å²) in [6.07, 6.45) is 0. The van der Waals surface area contributed by atoms with Crippen molar-refractivity contribution in [3.05, 3.63) is 99.2 Å². The van der Waals surface area contributed by atoms with Gasteiger partial charge in [0.25, 0.3) is 0 Å². The number of hydrogen-bond donors (Lipinski definition) is 0. The van der Waals surface area contributed by atoms with E-state index in [2.05, 4.69) is 0 Å². The molecule has 4 rings (SSSR count). The van der Waals surface area contributed by atoms with E-state index in [-0.39, 0.29) is 11.5 Å². The van der Waals surface area contributed by atoms with Crippen molar-refractivity contribution in [3.63, 3.8) is 0 Å². The third-order valence-corrected chi connectivity index (χ3v) is 4.69. The van der Waals surface area contributed by atoms with Crippen LogP contribution < -0.4 is 10.2 Å². The molecule has 28 heavy (non-hydrogen) atoms. The van der Waals surface area contributed by atoms with Gasteiger partial charge in [0, 0.05) is 5.56 Å². The van der Waals surface area contributed by atoms with Crippen LogP contribution in [0.15, 0.2) is 82.0 Å². The van der Waals surface area contributed by atoms with E-state index in [0.717, 1.165) is 5.56 Å². The van der Waals surface area contributed by atoms with Gasteiger partial charge in [0.15, 0.2) is 5.76 Å². The molecule has 0 bridgehead atoms. The largest absolute Gasteiger partial charge is 0.452 e. The van der Waals surface area contributed by atoms with Crippen LogP contribution in [-0.4, -0.2) is 5.97 Å². The Hall–Kier alpha value is -3.37. The first-order chi connectivity index (χ1) is 13.5. The molecule has 0 spiro atoms. The van der Waals surface area contributed by atoms with Crippen molar-refractivity contribution in [1.29, 1.82) is 0 Å². The number of carbonyl (C=O) groups excluding carboxylic acids is 1. The molecule has 0 radical (unpaired) electrons. The smallest absolute Gasteiger partial charge is 0.343 e. The summed E-state index contributed by atoms with van der Waals surface area (Å²) >= 11 is 6.30. The quantitative estimate of drug-likeness (QED) is 0.425. The minimum Gasteiger partial charge on any atom is -0.452 e. The van der Waals surface area contributed by atoms with Gasteiger partial charge in [-0.3, -0.25) is 4.79 Å². The molecule has 1 heterocycles. The van der Waals surface area contributed by atoms with Crippen molar-refractivity contribution >= 4 is 28.5 Å². The second-order valence-electron chi connectivity index (χ2n) is 6.32. The van der Waals surface area contributed by atoms with Gasteiger partial charge in [0.2, 0.25) is 11.2 Å². The summed E-state index contributed by atoms with van der Waals surface area (Å²) in [7, 11) is 0. The number of aryl methyl sites for hydroxylation is 1. The minimum absolute atomic E-state index is 0.120. The highest BCUT2D eigenvalue weighted by molar-refractivity contribution is 6.33. The molecule has 0 unspecified atom stereocenters. The number of para-hydroxylation sites is 1. The second-order valence-corrected chi connectivity index (χ2v) is 6.73. The highest BCUT2D eigenvalue weighted by Crippen LogP contribution is 2.35. The summed E-state index contributed by atoms with van der Waals surface area (Å²) < 4.78 is 11.5. The lowest BCUT2D eigenvalue weighted by atomic mass is 10.1. The van der Waals surface area contributed by atoms with Crippen molar-refractivity contribution < 1.29 is 13.9 Å². The van der Waals surface area contributed by atoms with E-state index in [1.165, 1.54) is 0 Å². The maximum Gasteiger partial charge on any atom is 0.343 e. The number of esters is 1. The van der Waals surface area contributed by atoms with E-state index in [0.29, 0.717) is 27.1 Å². The molecule has 4 aromatic rings. The predicted molar refractivity (Wildman–Crippen MR) is 109 cm³/mol. The van der Waals surface area contributed by atoms with E-state index in [1.54, 1.807) is 72.8 Å². The Kier molecular flexibility index (Phi) is 4.72. The lowest BCUT2D eigenvalue weighted by Crippen LogP contribution is -2.16. The van der Waals surface area contributed by atoms with E-state index >= 15 is 0 Å². The van der Waals surface area contributed by atoms with Crippen LogP contribution in [0.1, 0.15) is 15.9 Å². The maximum absolute atomic E-state index is 13.1. The highest BCUT2D eigenvalue weighted by Gasteiger charge is 2.22. The van der Waals surface area contributed by atoms with Crippen molar-refractivity contribution in [2.45, 2.75) is 6.92 Å². The summed E-state index contributed by atoms with van der Waals surface area (Å²) in [6, 6.07) is 20.6. The first-order valence-corrected chi connectivity index (χ1v) is 9.02. The topological polar surface area (TPSA) is 56.5 Å². The molecule has 138 valence electrons. The lowest BCUT2D eigenvalue weighted by molar-refractivity contribution is 0.0731. The Morgan fingerprint density at radius 1 is 0.929 bits per heavy atom. The summed E-state index contributed by atoms with van der Waals surface area (Å²) in [5.41, 5.74) is 1.77. The van der Waals surface area contributed by atoms with Crippen LogP contribution in [0.2, 0.25) is 5.02 Å². The third kappa shape index (κ3) is 3.30. The van der Waals surface area contributed by atoms with Crippen LogP contribution in [0.3, 0.4) is 0 Å². The van der Waals surface area contributed by atoms with Gasteiger partial charge < -0.3 is 9.15 Å². The number of ether oxygens (including phenoxy) is 1. The first-order valence-electron chi connectivity index (χ1n) is 8.64. The van der Waals surface area contributed by atoms with Gasteiger partial charge in [0.05, 0.1) is 16.0 Å². The molecule has 0 aliphatic heterocycles. The molecule has 0 saturated carbocycles. The minimum atomic E-state index is -0.643. The monoisotopic (exact) mass is 390 g/mol. The van der Waals surface area contributed by atoms with Crippen molar-refractivity contribution in [3.8, 4) is 17.1 Å². The average Bonchev–Trinajstić information content (AvgIpc) is 2.71. The van der Waals surface area contributed by atoms with Gasteiger partial charge in [-0.2, -0.15) is 0 Å². The van der Waals surface area contributed by atoms with Crippen LogP contribution in [-0.2, 0) is 0 Å². The van der Waals surface area contributed by atoms with Crippen molar-refractivity contribution in [1.82, 2.24) is 0 Å². The van der Waals surface area contributed by atoms with Crippen LogP contribution in [0.25, 0.3) is 22.3 Å². The zero-order chi connectivity index (χ0) is 19.7. The number of rotatable bonds is 3. The van der Waals surface area contributed by atoms with Gasteiger partial charge in [-0.05, 0) is 43.3 Å². The second kappa shape index (κ2) is 7.33. The molecular weight excluding hydrogens is 376 g/mol. The molecule has 0 N–H and O–H groups in total. The number of benzene rings is 3. The Morgan fingerprint density at radius 2 is 1.61 bits per heavy atom. The molecule has 3 aromatic carbocycles. The molecule has 1 aromatic heterocycles. The lowest BCUT2D eigenvalue weighted by Gasteiger charge is -2.11. The maximum atomic E-state index is 13.1. The predicted octanol–water partition coefficient (Wildman–Crippen LogP) is 5.64. The fraction of sp³-hybridized carbons (Fsp3) is 0.0435. The molecule has 0 atom stereocenters. The van der Waals surface area contributed by atoms with E-state index < -0.39 is 11.4 Å². The molecule has 0 aliphatic carbocycles. The standard InChI is InChI=1S/C23H15ClO4/c1-14-10-12-15(13-11-14)23(26)28-22-20(25)17-7-3-5-9-19(17)27-21(22)16-6-2-4-8-18(16)24/h2-13H,1H3. The summed E-state index contributed by atoms with van der Waals surface area (Å²) in [5, 5.41) is 0.707. The van der Waals surface area contributed by atoms with Crippen LogP contribution in [0, 0.1) is 6.92 Å². The van der Waals surface area contributed by atoms with Crippen LogP contribution in [0.4, 0.5) is 0 Å². The molecule has 4 nitrogen and oxygen atoms in total. The summed E-state index contributed by atoms with van der Waals surface area (Å²) in [6.45, 7) is 1.92. The van der Waals surface area contributed by atoms with E-state index in [9.17, 15) is 9.59 Å². The summed E-state index contributed by atoms with van der Waals surface area (Å²) in [5.74, 6) is -0.706. The zero-order valence-electron chi connectivity index (χ0n) is 14.9. The fourth-order valence-electron chi connectivity index (χ4n) is 2.88. The van der Waals surface area contributed by atoms with E-state index in [4.69, 9.17) is 20.8 Å². The highest BCUT2D eigenvalue weighted by atomic mass is 35.5. The molecular formula is C23H15ClO4. The number of carbonyl (C=O) groups is 1. The number of halogens is 1. The molecule has 0 fully saturated rings. The number of hydrogen-bond acceptors (Lipinski definition) is 4. The molecule has 0 amide bonds. The van der Waals surface area contributed by atoms with Gasteiger partial charge >= 0.3 is 5.97 Å². The molecule has 0 aliphatic rings. The van der Waals surface area contributed by atoms with Gasteiger partial charge in [0.1, 0.15) is 5.58 Å². The van der Waals surface area contributed by atoms with Crippen molar-refractivity contribution in [2.24, 2.45) is 0 Å². The first kappa shape index (κ1) is 18.0. The van der Waals surface area contributed by atoms with Crippen molar-refractivity contribution in [2.75, 3.05) is 0 Å². The molecule has 0 saturated heterocycles. The Bertz CT molecular complexity index is 1240.